The summed E-state index contributed by atoms with van der Waals surface area (Å²) in [7, 11) is 0. The second kappa shape index (κ2) is 7.70. The molecule has 0 aliphatic carbocycles. The highest BCUT2D eigenvalue weighted by Gasteiger charge is 2.34. The summed E-state index contributed by atoms with van der Waals surface area (Å²) in [5, 5.41) is 2.47. The van der Waals surface area contributed by atoms with Crippen LogP contribution in [0.5, 0.6) is 0 Å². The topological polar surface area (TPSA) is 41.6 Å². The summed E-state index contributed by atoms with van der Waals surface area (Å²) in [5.74, 6) is -3.09. The fraction of sp³-hybridized carbons (Fsp3) is 0.526. The number of nitrogens with one attached hydrogen (secondary N) is 1. The molecule has 1 saturated heterocycles. The van der Waals surface area contributed by atoms with Crippen molar-refractivity contribution in [1.29, 1.82) is 0 Å². The first-order valence-electron chi connectivity index (χ1n) is 8.53. The van der Waals surface area contributed by atoms with Crippen molar-refractivity contribution in [2.45, 2.75) is 51.7 Å². The van der Waals surface area contributed by atoms with Crippen LogP contribution in [0.2, 0.25) is 0 Å². The highest BCUT2D eigenvalue weighted by molar-refractivity contribution is 5.81. The molecule has 1 N–H and O–H groups in total. The first kappa shape index (κ1) is 20.3. The van der Waals surface area contributed by atoms with E-state index in [1.807, 2.05) is 4.90 Å². The number of piperidine rings is 1. The second-order valence-corrected chi connectivity index (χ2v) is 7.54. The molecule has 0 radical (unpaired) electrons. The summed E-state index contributed by atoms with van der Waals surface area (Å²) < 4.78 is 45.9. The number of benzene rings is 1. The Kier molecular flexibility index (Phi) is 6.01. The number of hydrogen-bond donors (Lipinski definition) is 1. The molecular weight excluding hydrogens is 345 g/mol. The third-order valence-electron chi connectivity index (χ3n) is 4.03. The Balaban J connectivity index is 1.96. The molecule has 26 heavy (non-hydrogen) atoms. The van der Waals surface area contributed by atoms with Crippen LogP contribution in [-0.2, 0) is 11.3 Å². The highest BCUT2D eigenvalue weighted by atomic mass is 19.3. The van der Waals surface area contributed by atoms with Gasteiger partial charge in [-0.1, -0.05) is 18.7 Å². The molecule has 1 heterocycles. The largest absolute Gasteiger partial charge is 0.444 e. The molecule has 0 atom stereocenters. The number of hydrogen-bond acceptors (Lipinski definition) is 3. The minimum Gasteiger partial charge on any atom is -0.444 e. The average molecular weight is 370 g/mol. The summed E-state index contributed by atoms with van der Waals surface area (Å²) in [5.41, 5.74) is 0.415. The van der Waals surface area contributed by atoms with Crippen LogP contribution in [0.4, 0.5) is 18.0 Å². The SMILES string of the molecule is C=C(NC(=O)OC(C)(C)C)c1ccc(CN2CCC(F)(F)CC2)c(F)c1. The van der Waals surface area contributed by atoms with Gasteiger partial charge in [-0.15, -0.1) is 0 Å². The fourth-order valence-electron chi connectivity index (χ4n) is 2.64. The van der Waals surface area contributed by atoms with E-state index in [-0.39, 0.29) is 38.2 Å². The highest BCUT2D eigenvalue weighted by Crippen LogP contribution is 2.28. The molecule has 1 aliphatic heterocycles. The van der Waals surface area contributed by atoms with Crippen LogP contribution < -0.4 is 5.32 Å². The third kappa shape index (κ3) is 6.05. The van der Waals surface area contributed by atoms with Crippen LogP contribution in [0, 0.1) is 5.82 Å². The number of likely N-dealkylation sites (tertiary alicyclic amines) is 1. The van der Waals surface area contributed by atoms with Crippen molar-refractivity contribution in [3.05, 3.63) is 41.7 Å². The van der Waals surface area contributed by atoms with E-state index >= 15 is 0 Å². The average Bonchev–Trinajstić information content (AvgIpc) is 2.49. The first-order valence-corrected chi connectivity index (χ1v) is 8.53. The van der Waals surface area contributed by atoms with Crippen LogP contribution in [0.25, 0.3) is 5.70 Å². The van der Waals surface area contributed by atoms with Gasteiger partial charge in [0.25, 0.3) is 5.92 Å². The van der Waals surface area contributed by atoms with Crippen molar-refractivity contribution >= 4 is 11.8 Å². The van der Waals surface area contributed by atoms with Crippen LogP contribution in [0.1, 0.15) is 44.7 Å². The Morgan fingerprint density at radius 2 is 1.92 bits per heavy atom. The predicted molar refractivity (Wildman–Crippen MR) is 94.3 cm³/mol. The maximum absolute atomic E-state index is 14.4. The lowest BCUT2D eigenvalue weighted by Gasteiger charge is -2.31. The maximum Gasteiger partial charge on any atom is 0.412 e. The van der Waals surface area contributed by atoms with Gasteiger partial charge >= 0.3 is 6.09 Å². The number of ether oxygens (including phenoxy) is 1. The Morgan fingerprint density at radius 1 is 1.31 bits per heavy atom. The quantitative estimate of drug-likeness (QED) is 0.845. The lowest BCUT2D eigenvalue weighted by atomic mass is 10.0. The number of rotatable bonds is 4. The molecule has 1 aliphatic rings. The van der Waals surface area contributed by atoms with E-state index in [0.717, 1.165) is 0 Å². The smallest absolute Gasteiger partial charge is 0.412 e. The van der Waals surface area contributed by atoms with Crippen molar-refractivity contribution in [3.63, 3.8) is 0 Å². The van der Waals surface area contributed by atoms with Gasteiger partial charge in [-0.05, 0) is 26.8 Å². The minimum absolute atomic E-state index is 0.205. The van der Waals surface area contributed by atoms with Crippen LogP contribution >= 0.6 is 0 Å². The lowest BCUT2D eigenvalue weighted by molar-refractivity contribution is -0.0567. The molecule has 4 nitrogen and oxygen atoms in total. The van der Waals surface area contributed by atoms with Crippen molar-refractivity contribution in [1.82, 2.24) is 10.2 Å². The minimum atomic E-state index is -2.62. The molecule has 1 fully saturated rings. The van der Waals surface area contributed by atoms with E-state index in [2.05, 4.69) is 11.9 Å². The maximum atomic E-state index is 14.4. The van der Waals surface area contributed by atoms with E-state index in [0.29, 0.717) is 11.1 Å². The molecule has 7 heteroatoms. The van der Waals surface area contributed by atoms with Gasteiger partial charge in [0, 0.05) is 49.3 Å². The molecule has 0 aromatic heterocycles. The molecule has 0 spiro atoms. The van der Waals surface area contributed by atoms with Crippen molar-refractivity contribution in [2.24, 2.45) is 0 Å². The molecule has 1 amide bonds. The number of carbonyl (C=O) groups is 1. The van der Waals surface area contributed by atoms with Gasteiger partial charge in [-0.25, -0.2) is 18.0 Å². The molecule has 1 aromatic carbocycles. The zero-order valence-corrected chi connectivity index (χ0v) is 15.4. The van der Waals surface area contributed by atoms with Gasteiger partial charge in [0.15, 0.2) is 0 Å². The van der Waals surface area contributed by atoms with Crippen molar-refractivity contribution in [3.8, 4) is 0 Å². The summed E-state index contributed by atoms with van der Waals surface area (Å²) in [6, 6.07) is 4.49. The number of halogens is 3. The predicted octanol–water partition coefficient (Wildman–Crippen LogP) is 4.55. The first-order chi connectivity index (χ1) is 12.0. The Hall–Kier alpha value is -2.02. The van der Waals surface area contributed by atoms with Gasteiger partial charge in [-0.3, -0.25) is 10.2 Å². The van der Waals surface area contributed by atoms with Gasteiger partial charge in [0.2, 0.25) is 0 Å². The standard InChI is InChI=1S/C19H25F3N2O2/c1-13(23-17(25)26-18(2,3)4)14-5-6-15(16(20)11-14)12-24-9-7-19(21,22)8-10-24/h5-6,11H,1,7-10,12H2,2-4H3,(H,23,25). The van der Waals surface area contributed by atoms with Crippen molar-refractivity contribution in [2.75, 3.05) is 13.1 Å². The lowest BCUT2D eigenvalue weighted by Crippen LogP contribution is -2.39. The number of nitrogens with zero attached hydrogens (tertiary/aromatic N) is 1. The summed E-state index contributed by atoms with van der Waals surface area (Å²) in [4.78, 5) is 13.6. The van der Waals surface area contributed by atoms with Gasteiger partial charge < -0.3 is 4.74 Å². The second-order valence-electron chi connectivity index (χ2n) is 7.54. The van der Waals surface area contributed by atoms with Crippen LogP contribution in [-0.4, -0.2) is 35.6 Å². The van der Waals surface area contributed by atoms with Gasteiger partial charge in [0.1, 0.15) is 11.4 Å². The molecule has 2 rings (SSSR count). The molecule has 1 aromatic rings. The molecular formula is C19H25F3N2O2. The molecule has 144 valence electrons. The third-order valence-corrected chi connectivity index (χ3v) is 4.03. The molecule has 0 saturated carbocycles. The Labute approximate surface area is 152 Å². The number of carbonyl (C=O) groups excluding carboxylic acids is 1. The zero-order chi connectivity index (χ0) is 19.5. The van der Waals surface area contributed by atoms with Gasteiger partial charge in [-0.2, -0.15) is 0 Å². The van der Waals surface area contributed by atoms with E-state index in [1.54, 1.807) is 32.9 Å². The van der Waals surface area contributed by atoms with E-state index in [1.165, 1.54) is 6.07 Å². The monoisotopic (exact) mass is 370 g/mol. The Bertz CT molecular complexity index is 674. The fourth-order valence-corrected chi connectivity index (χ4v) is 2.64. The summed E-state index contributed by atoms with van der Waals surface area (Å²) in [6.45, 7) is 9.68. The molecule has 0 unspecified atom stereocenters. The number of alkyl halides is 2. The normalized spacial score (nSPS) is 17.6. The molecule has 0 bridgehead atoms. The van der Waals surface area contributed by atoms with E-state index in [4.69, 9.17) is 4.74 Å². The Morgan fingerprint density at radius 3 is 2.46 bits per heavy atom. The zero-order valence-electron chi connectivity index (χ0n) is 15.4. The number of alkyl carbamates (subject to hydrolysis) is 1. The number of amides is 1. The summed E-state index contributed by atoms with van der Waals surface area (Å²) >= 11 is 0. The van der Waals surface area contributed by atoms with Crippen molar-refractivity contribution < 1.29 is 22.7 Å². The van der Waals surface area contributed by atoms with E-state index < -0.39 is 23.4 Å². The van der Waals surface area contributed by atoms with E-state index in [9.17, 15) is 18.0 Å². The summed E-state index contributed by atoms with van der Waals surface area (Å²) in [6.07, 6.45) is -1.08. The van der Waals surface area contributed by atoms with Gasteiger partial charge in [0.05, 0.1) is 0 Å². The van der Waals surface area contributed by atoms with Crippen LogP contribution in [0.3, 0.4) is 0 Å². The van der Waals surface area contributed by atoms with Crippen LogP contribution in [0.15, 0.2) is 24.8 Å².